The zero-order chi connectivity index (χ0) is 18.7. The van der Waals surface area contributed by atoms with Crippen molar-refractivity contribution in [2.75, 3.05) is 19.8 Å². The fourth-order valence-electron chi connectivity index (χ4n) is 3.40. The molecule has 0 spiro atoms. The molecule has 1 fully saturated rings. The van der Waals surface area contributed by atoms with Gasteiger partial charge in [-0.2, -0.15) is 5.10 Å². The molecule has 140 valence electrons. The van der Waals surface area contributed by atoms with Crippen molar-refractivity contribution < 1.29 is 13.9 Å². The number of hydrogen-bond acceptors (Lipinski definition) is 4. The van der Waals surface area contributed by atoms with E-state index in [-0.39, 0.29) is 17.8 Å². The van der Waals surface area contributed by atoms with Gasteiger partial charge in [-0.3, -0.25) is 4.79 Å². The first-order chi connectivity index (χ1) is 12.5. The van der Waals surface area contributed by atoms with Crippen LogP contribution in [0.5, 0.6) is 0 Å². The predicted molar refractivity (Wildman–Crippen MR) is 96.4 cm³/mol. The Labute approximate surface area is 152 Å². The molecule has 3 N–H and O–H groups in total. The summed E-state index contributed by atoms with van der Waals surface area (Å²) in [7, 11) is 0. The third-order valence-corrected chi connectivity index (χ3v) is 5.26. The smallest absolute Gasteiger partial charge is 0.228 e. The van der Waals surface area contributed by atoms with Crippen LogP contribution in [-0.4, -0.2) is 35.4 Å². The molecule has 1 aliphatic rings. The molecule has 6 nitrogen and oxygen atoms in total. The normalized spacial score (nSPS) is 17.7. The Morgan fingerprint density at radius 1 is 1.38 bits per heavy atom. The van der Waals surface area contributed by atoms with E-state index in [0.717, 1.165) is 16.9 Å². The summed E-state index contributed by atoms with van der Waals surface area (Å²) in [6.45, 7) is 5.28. The standard InChI is InChI=1S/C19H25FN4O2/c1-13(23-18(25)19(12-21)7-9-26-10-8-19)17-11-22-24(14(17)2)16-5-3-15(20)4-6-16/h3-6,11,13H,7-10,12,21H2,1-2H3,(H,23,25). The largest absolute Gasteiger partial charge is 0.381 e. The fourth-order valence-corrected chi connectivity index (χ4v) is 3.40. The maximum absolute atomic E-state index is 13.1. The van der Waals surface area contributed by atoms with E-state index in [9.17, 15) is 9.18 Å². The topological polar surface area (TPSA) is 82.2 Å². The number of aromatic nitrogens is 2. The monoisotopic (exact) mass is 360 g/mol. The van der Waals surface area contributed by atoms with Crippen LogP contribution < -0.4 is 11.1 Å². The van der Waals surface area contributed by atoms with E-state index in [0.29, 0.717) is 32.6 Å². The fraction of sp³-hybridized carbons (Fsp3) is 0.474. The van der Waals surface area contributed by atoms with Gasteiger partial charge in [0, 0.05) is 31.0 Å². The van der Waals surface area contributed by atoms with Crippen LogP contribution in [0.4, 0.5) is 4.39 Å². The summed E-state index contributed by atoms with van der Waals surface area (Å²) in [5, 5.41) is 7.48. The number of ether oxygens (including phenoxy) is 1. The second-order valence-corrected chi connectivity index (χ2v) is 6.87. The van der Waals surface area contributed by atoms with Gasteiger partial charge in [0.2, 0.25) is 5.91 Å². The molecular formula is C19H25FN4O2. The molecule has 0 aliphatic carbocycles. The lowest BCUT2D eigenvalue weighted by Gasteiger charge is -2.35. The van der Waals surface area contributed by atoms with Gasteiger partial charge in [-0.05, 0) is 51.0 Å². The molecule has 1 atom stereocenters. The highest BCUT2D eigenvalue weighted by Gasteiger charge is 2.39. The minimum atomic E-state index is -0.562. The number of benzene rings is 1. The summed E-state index contributed by atoms with van der Waals surface area (Å²) in [6, 6.07) is 5.94. The molecule has 1 aromatic carbocycles. The average molecular weight is 360 g/mol. The lowest BCUT2D eigenvalue weighted by atomic mass is 9.79. The highest BCUT2D eigenvalue weighted by Crippen LogP contribution is 2.31. The zero-order valence-corrected chi connectivity index (χ0v) is 15.2. The molecule has 1 unspecified atom stereocenters. The van der Waals surface area contributed by atoms with E-state index in [1.54, 1.807) is 23.0 Å². The Morgan fingerprint density at radius 2 is 2.04 bits per heavy atom. The van der Waals surface area contributed by atoms with Crippen LogP contribution in [0, 0.1) is 18.2 Å². The second kappa shape index (κ2) is 7.55. The molecule has 2 aromatic rings. The molecule has 0 bridgehead atoms. The van der Waals surface area contributed by atoms with Crippen LogP contribution in [-0.2, 0) is 9.53 Å². The Balaban J connectivity index is 1.77. The number of carbonyl (C=O) groups is 1. The third-order valence-electron chi connectivity index (χ3n) is 5.26. The SMILES string of the molecule is Cc1c(C(C)NC(=O)C2(CN)CCOCC2)cnn1-c1ccc(F)cc1. The summed E-state index contributed by atoms with van der Waals surface area (Å²) >= 11 is 0. The number of hydrogen-bond donors (Lipinski definition) is 2. The van der Waals surface area contributed by atoms with E-state index in [2.05, 4.69) is 10.4 Å². The molecule has 3 rings (SSSR count). The van der Waals surface area contributed by atoms with E-state index < -0.39 is 5.41 Å². The van der Waals surface area contributed by atoms with Crippen LogP contribution in [0.3, 0.4) is 0 Å². The highest BCUT2D eigenvalue weighted by molar-refractivity contribution is 5.83. The maximum atomic E-state index is 13.1. The summed E-state index contributed by atoms with van der Waals surface area (Å²) in [5.74, 6) is -0.326. The van der Waals surface area contributed by atoms with Crippen molar-refractivity contribution in [2.45, 2.75) is 32.7 Å². The molecule has 7 heteroatoms. The van der Waals surface area contributed by atoms with Crippen molar-refractivity contribution in [2.24, 2.45) is 11.1 Å². The van der Waals surface area contributed by atoms with Crippen molar-refractivity contribution in [3.63, 3.8) is 0 Å². The number of nitrogens with one attached hydrogen (secondary N) is 1. The molecule has 1 amide bonds. The van der Waals surface area contributed by atoms with Crippen molar-refractivity contribution in [3.05, 3.63) is 47.5 Å². The molecule has 0 saturated carbocycles. The minimum Gasteiger partial charge on any atom is -0.381 e. The number of amides is 1. The van der Waals surface area contributed by atoms with Crippen molar-refractivity contribution in [1.82, 2.24) is 15.1 Å². The van der Waals surface area contributed by atoms with Crippen LogP contribution in [0.25, 0.3) is 5.69 Å². The van der Waals surface area contributed by atoms with E-state index in [1.807, 2.05) is 13.8 Å². The summed E-state index contributed by atoms with van der Waals surface area (Å²) in [6.07, 6.45) is 3.01. The number of carbonyl (C=O) groups excluding carboxylic acids is 1. The summed E-state index contributed by atoms with van der Waals surface area (Å²) in [4.78, 5) is 12.8. The average Bonchev–Trinajstić information content (AvgIpc) is 3.04. The predicted octanol–water partition coefficient (Wildman–Crippen LogP) is 2.25. The lowest BCUT2D eigenvalue weighted by molar-refractivity contribution is -0.136. The summed E-state index contributed by atoms with van der Waals surface area (Å²) in [5.41, 5.74) is 7.94. The van der Waals surface area contributed by atoms with Gasteiger partial charge in [-0.1, -0.05) is 0 Å². The zero-order valence-electron chi connectivity index (χ0n) is 15.2. The third kappa shape index (κ3) is 3.50. The van der Waals surface area contributed by atoms with Gasteiger partial charge in [0.15, 0.2) is 0 Å². The molecule has 1 saturated heterocycles. The van der Waals surface area contributed by atoms with Gasteiger partial charge in [-0.15, -0.1) is 0 Å². The molecule has 26 heavy (non-hydrogen) atoms. The van der Waals surface area contributed by atoms with Gasteiger partial charge in [0.1, 0.15) is 5.82 Å². The van der Waals surface area contributed by atoms with Crippen LogP contribution in [0.2, 0.25) is 0 Å². The molecule has 2 heterocycles. The summed E-state index contributed by atoms with van der Waals surface area (Å²) < 4.78 is 20.2. The van der Waals surface area contributed by atoms with Gasteiger partial charge in [0.25, 0.3) is 0 Å². The van der Waals surface area contributed by atoms with E-state index in [1.165, 1.54) is 12.1 Å². The Bertz CT molecular complexity index is 766. The van der Waals surface area contributed by atoms with Crippen molar-refractivity contribution >= 4 is 5.91 Å². The van der Waals surface area contributed by atoms with Gasteiger partial charge in [0.05, 0.1) is 23.3 Å². The molecule has 0 radical (unpaired) electrons. The second-order valence-electron chi connectivity index (χ2n) is 6.87. The quantitative estimate of drug-likeness (QED) is 0.857. The van der Waals surface area contributed by atoms with Crippen LogP contribution >= 0.6 is 0 Å². The highest BCUT2D eigenvalue weighted by atomic mass is 19.1. The van der Waals surface area contributed by atoms with Crippen LogP contribution in [0.1, 0.15) is 37.1 Å². The molecular weight excluding hydrogens is 335 g/mol. The van der Waals surface area contributed by atoms with E-state index in [4.69, 9.17) is 10.5 Å². The van der Waals surface area contributed by atoms with Crippen molar-refractivity contribution in [3.8, 4) is 5.69 Å². The van der Waals surface area contributed by atoms with Gasteiger partial charge in [-0.25, -0.2) is 9.07 Å². The molecule has 1 aromatic heterocycles. The van der Waals surface area contributed by atoms with Gasteiger partial charge >= 0.3 is 0 Å². The number of nitrogens with zero attached hydrogens (tertiary/aromatic N) is 2. The first-order valence-corrected chi connectivity index (χ1v) is 8.86. The molecule has 1 aliphatic heterocycles. The minimum absolute atomic E-state index is 0.0373. The van der Waals surface area contributed by atoms with E-state index >= 15 is 0 Å². The first-order valence-electron chi connectivity index (χ1n) is 8.86. The Hall–Kier alpha value is -2.25. The number of rotatable bonds is 5. The lowest BCUT2D eigenvalue weighted by Crippen LogP contribution is -2.49. The number of nitrogens with two attached hydrogens (primary N) is 1. The first kappa shape index (κ1) is 18.5. The maximum Gasteiger partial charge on any atom is 0.228 e. The van der Waals surface area contributed by atoms with Crippen molar-refractivity contribution in [1.29, 1.82) is 0 Å². The van der Waals surface area contributed by atoms with Gasteiger partial charge < -0.3 is 15.8 Å². The Kier molecular flexibility index (Phi) is 5.38. The number of halogens is 1. The Morgan fingerprint density at radius 3 is 2.65 bits per heavy atom. The van der Waals surface area contributed by atoms with Crippen LogP contribution in [0.15, 0.2) is 30.5 Å².